The molecule has 1 aliphatic heterocycles. The van der Waals surface area contributed by atoms with Crippen LogP contribution in [0.15, 0.2) is 0 Å². The van der Waals surface area contributed by atoms with E-state index in [-0.39, 0.29) is 12.5 Å². The molecule has 1 aliphatic rings. The third kappa shape index (κ3) is 4.27. The molecule has 1 heterocycles. The molecule has 4 N–H and O–H groups in total. The monoisotopic (exact) mass is 258 g/mol. The van der Waals surface area contributed by atoms with Gasteiger partial charge in [-0.3, -0.25) is 9.59 Å². The van der Waals surface area contributed by atoms with E-state index in [0.29, 0.717) is 0 Å². The molecule has 0 radical (unpaired) electrons. The minimum absolute atomic E-state index is 0.0601. The van der Waals surface area contributed by atoms with Crippen LogP contribution in [0.25, 0.3) is 0 Å². The molecule has 2 atom stereocenters. The van der Waals surface area contributed by atoms with Crippen LogP contribution in [0.5, 0.6) is 0 Å². The minimum atomic E-state index is -1.42. The molecule has 6 nitrogen and oxygen atoms in total. The van der Waals surface area contributed by atoms with Gasteiger partial charge in [0.1, 0.15) is 0 Å². The van der Waals surface area contributed by atoms with Crippen LogP contribution in [0.2, 0.25) is 0 Å². The van der Waals surface area contributed by atoms with Crippen molar-refractivity contribution in [1.82, 2.24) is 10.6 Å². The number of hydrogen-bond acceptors (Lipinski definition) is 4. The molecule has 2 unspecified atom stereocenters. The normalized spacial score (nSPS) is 27.3. The van der Waals surface area contributed by atoms with Crippen LogP contribution in [0.1, 0.15) is 39.5 Å². The van der Waals surface area contributed by atoms with Crippen LogP contribution in [0.3, 0.4) is 0 Å². The van der Waals surface area contributed by atoms with E-state index in [1.165, 1.54) is 6.92 Å². The highest BCUT2D eigenvalue weighted by Gasteiger charge is 2.35. The second kappa shape index (κ2) is 5.67. The molecule has 0 spiro atoms. The molecule has 104 valence electrons. The van der Waals surface area contributed by atoms with Crippen LogP contribution >= 0.6 is 0 Å². The van der Waals surface area contributed by atoms with Gasteiger partial charge in [0.05, 0.1) is 17.6 Å². The SMILES string of the molecule is CC(O)(CNC(=O)C1(C)CCCCN1)CC(=O)O. The van der Waals surface area contributed by atoms with Crippen LogP contribution in [0, 0.1) is 0 Å². The summed E-state index contributed by atoms with van der Waals surface area (Å²) in [4.78, 5) is 22.6. The Morgan fingerprint density at radius 3 is 2.61 bits per heavy atom. The molecule has 0 bridgehead atoms. The fourth-order valence-corrected chi connectivity index (χ4v) is 2.10. The third-order valence-electron chi connectivity index (χ3n) is 3.28. The van der Waals surface area contributed by atoms with E-state index < -0.39 is 23.5 Å². The minimum Gasteiger partial charge on any atom is -0.481 e. The van der Waals surface area contributed by atoms with E-state index >= 15 is 0 Å². The van der Waals surface area contributed by atoms with Crippen molar-refractivity contribution in [3.63, 3.8) is 0 Å². The summed E-state index contributed by atoms with van der Waals surface area (Å²) in [7, 11) is 0. The Morgan fingerprint density at radius 2 is 2.11 bits per heavy atom. The Labute approximate surface area is 107 Å². The largest absolute Gasteiger partial charge is 0.481 e. The third-order valence-corrected chi connectivity index (χ3v) is 3.28. The van der Waals surface area contributed by atoms with Crippen molar-refractivity contribution in [2.45, 2.75) is 50.7 Å². The average molecular weight is 258 g/mol. The van der Waals surface area contributed by atoms with Crippen molar-refractivity contribution >= 4 is 11.9 Å². The zero-order valence-electron chi connectivity index (χ0n) is 11.0. The Kier molecular flexibility index (Phi) is 4.70. The number of hydrogen-bond donors (Lipinski definition) is 4. The van der Waals surface area contributed by atoms with Gasteiger partial charge in [-0.1, -0.05) is 0 Å². The summed E-state index contributed by atoms with van der Waals surface area (Å²) < 4.78 is 0. The highest BCUT2D eigenvalue weighted by molar-refractivity contribution is 5.86. The zero-order chi connectivity index (χ0) is 13.8. The summed E-state index contributed by atoms with van der Waals surface area (Å²) >= 11 is 0. The van der Waals surface area contributed by atoms with Gasteiger partial charge in [0, 0.05) is 6.54 Å². The van der Waals surface area contributed by atoms with Crippen LogP contribution in [-0.2, 0) is 9.59 Å². The van der Waals surface area contributed by atoms with Crippen molar-refractivity contribution in [3.8, 4) is 0 Å². The number of carboxylic acids is 1. The van der Waals surface area contributed by atoms with Crippen molar-refractivity contribution in [2.24, 2.45) is 0 Å². The first kappa shape index (κ1) is 14.9. The molecule has 6 heteroatoms. The molecular weight excluding hydrogens is 236 g/mol. The molecule has 0 aromatic carbocycles. The van der Waals surface area contributed by atoms with Gasteiger partial charge >= 0.3 is 5.97 Å². The number of aliphatic carboxylic acids is 1. The Hall–Kier alpha value is -1.14. The quantitative estimate of drug-likeness (QED) is 0.550. The Balaban J connectivity index is 2.47. The molecular formula is C12H22N2O4. The molecule has 1 rings (SSSR count). The number of carbonyl (C=O) groups excluding carboxylic acids is 1. The first-order valence-electron chi connectivity index (χ1n) is 6.23. The number of piperidine rings is 1. The van der Waals surface area contributed by atoms with E-state index in [0.717, 1.165) is 25.8 Å². The van der Waals surface area contributed by atoms with E-state index in [1.807, 2.05) is 6.92 Å². The molecule has 0 aliphatic carbocycles. The summed E-state index contributed by atoms with van der Waals surface area (Å²) in [5.74, 6) is -1.27. The second-order valence-corrected chi connectivity index (χ2v) is 5.47. The molecule has 18 heavy (non-hydrogen) atoms. The van der Waals surface area contributed by atoms with E-state index in [4.69, 9.17) is 5.11 Å². The first-order valence-corrected chi connectivity index (χ1v) is 6.23. The highest BCUT2D eigenvalue weighted by atomic mass is 16.4. The van der Waals surface area contributed by atoms with Crippen LogP contribution in [0.4, 0.5) is 0 Å². The fourth-order valence-electron chi connectivity index (χ4n) is 2.10. The van der Waals surface area contributed by atoms with Crippen molar-refractivity contribution in [1.29, 1.82) is 0 Å². The number of aliphatic hydroxyl groups is 1. The van der Waals surface area contributed by atoms with Crippen LogP contribution in [-0.4, -0.2) is 46.3 Å². The molecule has 0 saturated carbocycles. The maximum atomic E-state index is 12.0. The standard InChI is InChI=1S/C12H22N2O4/c1-11(18,7-9(15)16)8-13-10(17)12(2)5-3-4-6-14-12/h14,18H,3-8H2,1-2H3,(H,13,17)(H,15,16). The number of carboxylic acid groups (broad SMARTS) is 1. The summed E-state index contributed by atoms with van der Waals surface area (Å²) in [6.45, 7) is 3.97. The van der Waals surface area contributed by atoms with Crippen molar-refractivity contribution in [3.05, 3.63) is 0 Å². The van der Waals surface area contributed by atoms with Gasteiger partial charge < -0.3 is 20.8 Å². The number of amides is 1. The number of rotatable bonds is 5. The molecule has 0 aromatic heterocycles. The van der Waals surface area contributed by atoms with Crippen molar-refractivity contribution in [2.75, 3.05) is 13.1 Å². The van der Waals surface area contributed by atoms with Gasteiger partial charge in [-0.05, 0) is 39.7 Å². The maximum absolute atomic E-state index is 12.0. The summed E-state index contributed by atoms with van der Waals surface area (Å²) in [5, 5.41) is 24.2. The molecule has 0 aromatic rings. The van der Waals surface area contributed by atoms with Gasteiger partial charge in [-0.2, -0.15) is 0 Å². The van der Waals surface area contributed by atoms with Crippen LogP contribution < -0.4 is 10.6 Å². The van der Waals surface area contributed by atoms with Gasteiger partial charge in [-0.25, -0.2) is 0 Å². The average Bonchev–Trinajstić information content (AvgIpc) is 2.25. The smallest absolute Gasteiger partial charge is 0.306 e. The van der Waals surface area contributed by atoms with Crippen molar-refractivity contribution < 1.29 is 19.8 Å². The summed E-state index contributed by atoms with van der Waals surface area (Å²) in [6, 6.07) is 0. The Morgan fingerprint density at radius 1 is 1.44 bits per heavy atom. The summed E-state index contributed by atoms with van der Waals surface area (Å²) in [6.07, 6.45) is 2.40. The van der Waals surface area contributed by atoms with E-state index in [9.17, 15) is 14.7 Å². The topological polar surface area (TPSA) is 98.7 Å². The van der Waals surface area contributed by atoms with Gasteiger partial charge in [-0.15, -0.1) is 0 Å². The predicted octanol–water partition coefficient (Wildman–Crippen LogP) is -0.139. The Bertz CT molecular complexity index is 322. The lowest BCUT2D eigenvalue weighted by Crippen LogP contribution is -2.58. The first-order chi connectivity index (χ1) is 8.25. The molecule has 1 fully saturated rings. The molecule has 1 saturated heterocycles. The molecule has 1 amide bonds. The number of nitrogens with one attached hydrogen (secondary N) is 2. The highest BCUT2D eigenvalue weighted by Crippen LogP contribution is 2.19. The van der Waals surface area contributed by atoms with Gasteiger partial charge in [0.15, 0.2) is 0 Å². The maximum Gasteiger partial charge on any atom is 0.306 e. The van der Waals surface area contributed by atoms with Gasteiger partial charge in [0.2, 0.25) is 5.91 Å². The lowest BCUT2D eigenvalue weighted by molar-refractivity contribution is -0.142. The summed E-state index contributed by atoms with van der Waals surface area (Å²) in [5.41, 5.74) is -2.04. The number of carbonyl (C=O) groups is 2. The second-order valence-electron chi connectivity index (χ2n) is 5.47. The lowest BCUT2D eigenvalue weighted by atomic mass is 9.89. The predicted molar refractivity (Wildman–Crippen MR) is 66.1 cm³/mol. The van der Waals surface area contributed by atoms with E-state index in [2.05, 4.69) is 10.6 Å². The fraction of sp³-hybridized carbons (Fsp3) is 0.833. The van der Waals surface area contributed by atoms with Gasteiger partial charge in [0.25, 0.3) is 0 Å². The lowest BCUT2D eigenvalue weighted by Gasteiger charge is -2.34. The van der Waals surface area contributed by atoms with E-state index in [1.54, 1.807) is 0 Å². The zero-order valence-corrected chi connectivity index (χ0v) is 11.0.